The summed E-state index contributed by atoms with van der Waals surface area (Å²) in [5.74, 6) is 0.585. The van der Waals surface area contributed by atoms with Crippen LogP contribution in [0.5, 0.6) is 0 Å². The molecule has 2 aliphatic rings. The van der Waals surface area contributed by atoms with E-state index >= 15 is 0 Å². The molecular formula is C14H24N2O3. The van der Waals surface area contributed by atoms with Crippen LogP contribution in [0.2, 0.25) is 0 Å². The van der Waals surface area contributed by atoms with E-state index in [9.17, 15) is 9.59 Å². The molecule has 0 aromatic heterocycles. The molecule has 5 heteroatoms. The summed E-state index contributed by atoms with van der Waals surface area (Å²) in [5, 5.41) is 11.7. The predicted octanol–water partition coefficient (Wildman–Crippen LogP) is 0.522. The minimum atomic E-state index is -0.269. The van der Waals surface area contributed by atoms with Crippen LogP contribution in [0, 0.1) is 11.8 Å². The molecule has 0 aromatic rings. The molecule has 2 atom stereocenters. The highest BCUT2D eigenvalue weighted by atomic mass is 16.3. The SMILES string of the molecule is CC(CCO)CNC(=O)C1CCCN1C(=O)C1CC1. The fraction of sp³-hybridized carbons (Fsp3) is 0.857. The van der Waals surface area contributed by atoms with Gasteiger partial charge in [0.25, 0.3) is 0 Å². The number of amides is 2. The molecule has 2 amide bonds. The van der Waals surface area contributed by atoms with E-state index in [4.69, 9.17) is 5.11 Å². The maximum Gasteiger partial charge on any atom is 0.242 e. The average Bonchev–Trinajstić information content (AvgIpc) is 3.12. The second kappa shape index (κ2) is 6.37. The number of hydrogen-bond donors (Lipinski definition) is 2. The summed E-state index contributed by atoms with van der Waals surface area (Å²) in [4.78, 5) is 26.0. The van der Waals surface area contributed by atoms with Gasteiger partial charge < -0.3 is 15.3 Å². The first-order valence-electron chi connectivity index (χ1n) is 7.32. The van der Waals surface area contributed by atoms with Crippen LogP contribution in [0.25, 0.3) is 0 Å². The zero-order valence-corrected chi connectivity index (χ0v) is 11.6. The highest BCUT2D eigenvalue weighted by Gasteiger charge is 2.40. The third-order valence-corrected chi connectivity index (χ3v) is 4.01. The summed E-state index contributed by atoms with van der Waals surface area (Å²) in [6.45, 7) is 3.44. The van der Waals surface area contributed by atoms with E-state index in [1.807, 2.05) is 6.92 Å². The molecule has 0 bridgehead atoms. The Labute approximate surface area is 114 Å². The fourth-order valence-corrected chi connectivity index (χ4v) is 2.58. The van der Waals surface area contributed by atoms with Gasteiger partial charge in [-0.3, -0.25) is 9.59 Å². The Bertz CT molecular complexity index is 342. The Morgan fingerprint density at radius 3 is 2.74 bits per heavy atom. The van der Waals surface area contributed by atoms with Gasteiger partial charge in [0, 0.05) is 25.6 Å². The Hall–Kier alpha value is -1.10. The number of carbonyl (C=O) groups is 2. The van der Waals surface area contributed by atoms with Gasteiger partial charge in [-0.15, -0.1) is 0 Å². The summed E-state index contributed by atoms with van der Waals surface area (Å²) in [6, 6.07) is -0.269. The van der Waals surface area contributed by atoms with Crippen molar-refractivity contribution in [3.8, 4) is 0 Å². The zero-order valence-electron chi connectivity index (χ0n) is 11.6. The summed E-state index contributed by atoms with van der Waals surface area (Å²) >= 11 is 0. The van der Waals surface area contributed by atoms with Crippen LogP contribution in [-0.4, -0.2) is 47.6 Å². The average molecular weight is 268 g/mol. The van der Waals surface area contributed by atoms with Crippen LogP contribution in [0.1, 0.15) is 39.0 Å². The second-order valence-corrected chi connectivity index (χ2v) is 5.83. The van der Waals surface area contributed by atoms with Gasteiger partial charge in [-0.2, -0.15) is 0 Å². The molecule has 0 radical (unpaired) electrons. The highest BCUT2D eigenvalue weighted by Crippen LogP contribution is 2.33. The molecular weight excluding hydrogens is 244 g/mol. The van der Waals surface area contributed by atoms with E-state index in [1.165, 1.54) is 0 Å². The summed E-state index contributed by atoms with van der Waals surface area (Å²) < 4.78 is 0. The fourth-order valence-electron chi connectivity index (χ4n) is 2.58. The number of nitrogens with zero attached hydrogens (tertiary/aromatic N) is 1. The maximum atomic E-state index is 12.1. The van der Waals surface area contributed by atoms with Crippen LogP contribution in [0.3, 0.4) is 0 Å². The lowest BCUT2D eigenvalue weighted by atomic mass is 10.1. The summed E-state index contributed by atoms with van der Waals surface area (Å²) in [5.41, 5.74) is 0. The first-order chi connectivity index (χ1) is 9.13. The second-order valence-electron chi connectivity index (χ2n) is 5.83. The van der Waals surface area contributed by atoms with Crippen molar-refractivity contribution >= 4 is 11.8 Å². The van der Waals surface area contributed by atoms with Gasteiger partial charge in [0.15, 0.2) is 0 Å². The van der Waals surface area contributed by atoms with E-state index in [1.54, 1.807) is 4.90 Å². The van der Waals surface area contributed by atoms with E-state index in [-0.39, 0.29) is 36.3 Å². The number of nitrogens with one attached hydrogen (secondary N) is 1. The van der Waals surface area contributed by atoms with Crippen LogP contribution in [-0.2, 0) is 9.59 Å². The molecule has 19 heavy (non-hydrogen) atoms. The molecule has 1 aliphatic carbocycles. The minimum absolute atomic E-state index is 0.0312. The Morgan fingerprint density at radius 1 is 1.37 bits per heavy atom. The van der Waals surface area contributed by atoms with E-state index < -0.39 is 0 Å². The molecule has 1 saturated carbocycles. The van der Waals surface area contributed by atoms with Crippen molar-refractivity contribution in [1.82, 2.24) is 10.2 Å². The molecule has 1 aliphatic heterocycles. The molecule has 108 valence electrons. The molecule has 1 saturated heterocycles. The maximum absolute atomic E-state index is 12.1. The van der Waals surface area contributed by atoms with E-state index in [0.717, 1.165) is 32.2 Å². The predicted molar refractivity (Wildman–Crippen MR) is 71.3 cm³/mol. The van der Waals surface area contributed by atoms with Gasteiger partial charge in [-0.1, -0.05) is 6.92 Å². The smallest absolute Gasteiger partial charge is 0.242 e. The first-order valence-corrected chi connectivity index (χ1v) is 7.32. The van der Waals surface area contributed by atoms with Crippen molar-refractivity contribution in [3.05, 3.63) is 0 Å². The third-order valence-electron chi connectivity index (χ3n) is 4.01. The van der Waals surface area contributed by atoms with E-state index in [2.05, 4.69) is 5.32 Å². The number of carbonyl (C=O) groups excluding carboxylic acids is 2. The Balaban J connectivity index is 1.81. The topological polar surface area (TPSA) is 69.6 Å². The van der Waals surface area contributed by atoms with E-state index in [0.29, 0.717) is 13.0 Å². The molecule has 1 heterocycles. The number of likely N-dealkylation sites (tertiary alicyclic amines) is 1. The number of rotatable bonds is 6. The number of hydrogen-bond acceptors (Lipinski definition) is 3. The van der Waals surface area contributed by atoms with Crippen LogP contribution in [0.15, 0.2) is 0 Å². The van der Waals surface area contributed by atoms with Crippen molar-refractivity contribution < 1.29 is 14.7 Å². The van der Waals surface area contributed by atoms with Crippen molar-refractivity contribution in [3.63, 3.8) is 0 Å². The summed E-state index contributed by atoms with van der Waals surface area (Å²) in [6.07, 6.45) is 4.35. The van der Waals surface area contributed by atoms with Crippen LogP contribution >= 0.6 is 0 Å². The van der Waals surface area contributed by atoms with Gasteiger partial charge in [0.1, 0.15) is 6.04 Å². The Morgan fingerprint density at radius 2 is 2.11 bits per heavy atom. The molecule has 2 unspecified atom stereocenters. The number of aliphatic hydroxyl groups excluding tert-OH is 1. The molecule has 2 N–H and O–H groups in total. The summed E-state index contributed by atoms with van der Waals surface area (Å²) in [7, 11) is 0. The lowest BCUT2D eigenvalue weighted by molar-refractivity contribution is -0.139. The lowest BCUT2D eigenvalue weighted by Gasteiger charge is -2.24. The molecule has 2 fully saturated rings. The molecule has 0 spiro atoms. The third kappa shape index (κ3) is 3.69. The highest BCUT2D eigenvalue weighted by molar-refractivity contribution is 5.89. The van der Waals surface area contributed by atoms with Gasteiger partial charge in [-0.25, -0.2) is 0 Å². The molecule has 2 rings (SSSR count). The quantitative estimate of drug-likeness (QED) is 0.738. The van der Waals surface area contributed by atoms with Crippen LogP contribution < -0.4 is 5.32 Å². The normalized spacial score (nSPS) is 24.3. The van der Waals surface area contributed by atoms with Crippen molar-refractivity contribution in [2.45, 2.75) is 45.1 Å². The Kier molecular flexibility index (Phi) is 4.80. The minimum Gasteiger partial charge on any atom is -0.396 e. The van der Waals surface area contributed by atoms with Gasteiger partial charge in [0.05, 0.1) is 0 Å². The number of aliphatic hydroxyl groups is 1. The van der Waals surface area contributed by atoms with Gasteiger partial charge in [0.2, 0.25) is 11.8 Å². The largest absolute Gasteiger partial charge is 0.396 e. The zero-order chi connectivity index (χ0) is 13.8. The first kappa shape index (κ1) is 14.3. The van der Waals surface area contributed by atoms with Crippen molar-refractivity contribution in [1.29, 1.82) is 0 Å². The van der Waals surface area contributed by atoms with Gasteiger partial charge >= 0.3 is 0 Å². The standard InChI is InChI=1S/C14H24N2O3/c1-10(6-8-17)9-15-13(18)12-3-2-7-16(12)14(19)11-4-5-11/h10-12,17H,2-9H2,1H3,(H,15,18). The monoisotopic (exact) mass is 268 g/mol. The van der Waals surface area contributed by atoms with Gasteiger partial charge in [-0.05, 0) is 38.0 Å². The van der Waals surface area contributed by atoms with Crippen molar-refractivity contribution in [2.75, 3.05) is 19.7 Å². The van der Waals surface area contributed by atoms with Crippen LogP contribution in [0.4, 0.5) is 0 Å². The molecule has 0 aromatic carbocycles. The van der Waals surface area contributed by atoms with Crippen molar-refractivity contribution in [2.24, 2.45) is 11.8 Å². The molecule has 5 nitrogen and oxygen atoms in total. The lowest BCUT2D eigenvalue weighted by Crippen LogP contribution is -2.47.